The highest BCUT2D eigenvalue weighted by molar-refractivity contribution is 6.02. The minimum absolute atomic E-state index is 0.0864. The van der Waals surface area contributed by atoms with Crippen LogP contribution in [0.5, 0.6) is 23.0 Å². The zero-order valence-corrected chi connectivity index (χ0v) is 14.3. The highest BCUT2D eigenvalue weighted by atomic mass is 16.5. The number of ketones is 1. The lowest BCUT2D eigenvalue weighted by Gasteiger charge is -2.31. The van der Waals surface area contributed by atoms with Crippen LogP contribution in [-0.2, 0) is 0 Å². The number of phenolic OH excluding ortho intramolecular Hbond substituents is 2. The Morgan fingerprint density at radius 2 is 1.96 bits per heavy atom. The summed E-state index contributed by atoms with van der Waals surface area (Å²) < 4.78 is 5.93. The molecule has 2 unspecified atom stereocenters. The molecular weight excluding hydrogens is 320 g/mol. The summed E-state index contributed by atoms with van der Waals surface area (Å²) >= 11 is 0. The third-order valence-electron chi connectivity index (χ3n) is 4.48. The number of carbonyl (C=O) groups excluding carboxylic acids is 1. The zero-order valence-electron chi connectivity index (χ0n) is 14.3. The summed E-state index contributed by atoms with van der Waals surface area (Å²) in [6, 6.07) is 8.12. The molecule has 0 spiro atoms. The van der Waals surface area contributed by atoms with E-state index in [1.165, 1.54) is 6.07 Å². The number of carbonyl (C=O) groups is 1. The molecule has 0 saturated carbocycles. The fourth-order valence-corrected chi connectivity index (χ4v) is 3.42. The van der Waals surface area contributed by atoms with Crippen LogP contribution in [0.25, 0.3) is 0 Å². The van der Waals surface area contributed by atoms with Crippen LogP contribution < -0.4 is 4.74 Å². The Morgan fingerprint density at radius 3 is 2.64 bits per heavy atom. The van der Waals surface area contributed by atoms with Gasteiger partial charge in [-0.15, -0.1) is 0 Å². The molecule has 0 bridgehead atoms. The molecule has 2 aromatic rings. The zero-order chi connectivity index (χ0) is 18.1. The maximum Gasteiger partial charge on any atom is 0.170 e. The molecule has 0 amide bonds. The maximum absolute atomic E-state index is 12.5. The summed E-state index contributed by atoms with van der Waals surface area (Å²) in [5.74, 6) is 0.224. The first-order valence-corrected chi connectivity index (χ1v) is 8.50. The second-order valence-electron chi connectivity index (χ2n) is 6.48. The number of aliphatic hydroxyl groups is 1. The summed E-state index contributed by atoms with van der Waals surface area (Å²) in [7, 11) is 0. The van der Waals surface area contributed by atoms with Crippen LogP contribution in [-0.4, -0.2) is 27.2 Å². The molecule has 1 heterocycles. The standard InChI is InChI=1S/C20H22O5/c1-3-5-14(22)19-16(24)9-8-12-13(10-11(2)21)18-15(23)6-4-7-17(18)25-20(12)19/h4,6-9,11,13,21,23-24H,3,5,10H2,1-2H3. The molecule has 3 rings (SSSR count). The number of rotatable bonds is 5. The molecule has 132 valence electrons. The van der Waals surface area contributed by atoms with Gasteiger partial charge < -0.3 is 20.1 Å². The number of Topliss-reactive ketones (excluding diaryl/α,β-unsaturated/α-hetero) is 1. The summed E-state index contributed by atoms with van der Waals surface area (Å²) in [5, 5.41) is 30.5. The average molecular weight is 342 g/mol. The van der Waals surface area contributed by atoms with Crippen molar-refractivity contribution in [2.75, 3.05) is 0 Å². The van der Waals surface area contributed by atoms with Crippen LogP contribution in [0.1, 0.15) is 60.5 Å². The molecule has 1 aliphatic rings. The number of phenols is 2. The maximum atomic E-state index is 12.5. The Morgan fingerprint density at radius 1 is 1.20 bits per heavy atom. The quantitative estimate of drug-likeness (QED) is 0.713. The summed E-state index contributed by atoms with van der Waals surface area (Å²) in [4.78, 5) is 12.5. The molecule has 25 heavy (non-hydrogen) atoms. The van der Waals surface area contributed by atoms with Gasteiger partial charge >= 0.3 is 0 Å². The third-order valence-corrected chi connectivity index (χ3v) is 4.48. The third kappa shape index (κ3) is 3.07. The van der Waals surface area contributed by atoms with Crippen molar-refractivity contribution in [1.82, 2.24) is 0 Å². The van der Waals surface area contributed by atoms with Gasteiger partial charge in [0.1, 0.15) is 28.6 Å². The lowest BCUT2D eigenvalue weighted by atomic mass is 9.82. The lowest BCUT2D eigenvalue weighted by Crippen LogP contribution is -2.17. The number of hydrogen-bond donors (Lipinski definition) is 3. The number of aromatic hydroxyl groups is 2. The Bertz CT molecular complexity index is 810. The normalized spacial score (nSPS) is 16.5. The number of ether oxygens (including phenoxy) is 1. The van der Waals surface area contributed by atoms with E-state index in [4.69, 9.17) is 4.74 Å². The fourth-order valence-electron chi connectivity index (χ4n) is 3.42. The predicted molar refractivity (Wildman–Crippen MR) is 93.7 cm³/mol. The van der Waals surface area contributed by atoms with Gasteiger partial charge in [-0.2, -0.15) is 0 Å². The van der Waals surface area contributed by atoms with Crippen molar-refractivity contribution in [2.24, 2.45) is 0 Å². The highest BCUT2D eigenvalue weighted by Crippen LogP contribution is 2.52. The molecule has 2 aromatic carbocycles. The SMILES string of the molecule is CCCC(=O)c1c(O)ccc2c1Oc1cccc(O)c1C2CC(C)O. The van der Waals surface area contributed by atoms with E-state index in [9.17, 15) is 20.1 Å². The van der Waals surface area contributed by atoms with Crippen molar-refractivity contribution in [3.8, 4) is 23.0 Å². The van der Waals surface area contributed by atoms with Crippen molar-refractivity contribution < 1.29 is 24.9 Å². The number of aliphatic hydroxyl groups excluding tert-OH is 1. The fraction of sp³-hybridized carbons (Fsp3) is 0.350. The molecule has 0 aliphatic carbocycles. The van der Waals surface area contributed by atoms with Crippen LogP contribution in [0.15, 0.2) is 30.3 Å². The van der Waals surface area contributed by atoms with Crippen molar-refractivity contribution in [3.63, 3.8) is 0 Å². The first kappa shape index (κ1) is 17.3. The van der Waals surface area contributed by atoms with Gasteiger partial charge in [-0.1, -0.05) is 19.1 Å². The predicted octanol–water partition coefficient (Wildman–Crippen LogP) is 4.09. The molecular formula is C20H22O5. The van der Waals surface area contributed by atoms with Gasteiger partial charge in [-0.3, -0.25) is 4.79 Å². The van der Waals surface area contributed by atoms with Crippen molar-refractivity contribution >= 4 is 5.78 Å². The first-order chi connectivity index (χ1) is 11.9. The first-order valence-electron chi connectivity index (χ1n) is 8.50. The van der Waals surface area contributed by atoms with E-state index in [1.54, 1.807) is 31.2 Å². The highest BCUT2D eigenvalue weighted by Gasteiger charge is 2.34. The molecule has 0 fully saturated rings. The van der Waals surface area contributed by atoms with E-state index in [0.29, 0.717) is 41.9 Å². The second kappa shape index (κ2) is 6.76. The largest absolute Gasteiger partial charge is 0.508 e. The minimum atomic E-state index is -0.605. The Hall–Kier alpha value is -2.53. The lowest BCUT2D eigenvalue weighted by molar-refractivity contribution is 0.0976. The van der Waals surface area contributed by atoms with Crippen molar-refractivity contribution in [3.05, 3.63) is 47.0 Å². The monoisotopic (exact) mass is 342 g/mol. The van der Waals surface area contributed by atoms with E-state index in [1.807, 2.05) is 6.92 Å². The minimum Gasteiger partial charge on any atom is -0.508 e. The van der Waals surface area contributed by atoms with Crippen LogP contribution in [0.2, 0.25) is 0 Å². The smallest absolute Gasteiger partial charge is 0.170 e. The number of fused-ring (bicyclic) bond motifs is 2. The van der Waals surface area contributed by atoms with Gasteiger partial charge in [0.2, 0.25) is 0 Å². The second-order valence-corrected chi connectivity index (χ2v) is 6.48. The van der Waals surface area contributed by atoms with E-state index in [0.717, 1.165) is 0 Å². The van der Waals surface area contributed by atoms with Crippen molar-refractivity contribution in [1.29, 1.82) is 0 Å². The van der Waals surface area contributed by atoms with Gasteiger partial charge in [0.25, 0.3) is 0 Å². The van der Waals surface area contributed by atoms with Crippen LogP contribution in [0.3, 0.4) is 0 Å². The Labute approximate surface area is 146 Å². The van der Waals surface area contributed by atoms with Gasteiger partial charge in [0, 0.05) is 23.5 Å². The summed E-state index contributed by atoms with van der Waals surface area (Å²) in [5.41, 5.74) is 1.45. The summed E-state index contributed by atoms with van der Waals surface area (Å²) in [6.45, 7) is 3.58. The van der Waals surface area contributed by atoms with E-state index in [2.05, 4.69) is 0 Å². The van der Waals surface area contributed by atoms with Gasteiger partial charge in [-0.05, 0) is 38.0 Å². The van der Waals surface area contributed by atoms with Gasteiger partial charge in [0.05, 0.1) is 6.10 Å². The summed E-state index contributed by atoms with van der Waals surface area (Å²) in [6.07, 6.45) is 0.734. The number of benzene rings is 2. The van der Waals surface area contributed by atoms with Crippen molar-refractivity contribution in [2.45, 2.75) is 45.1 Å². The molecule has 5 heteroatoms. The Kier molecular flexibility index (Phi) is 4.68. The topological polar surface area (TPSA) is 87.0 Å². The number of hydrogen-bond acceptors (Lipinski definition) is 5. The molecule has 0 saturated heterocycles. The van der Waals surface area contributed by atoms with Gasteiger partial charge in [-0.25, -0.2) is 0 Å². The Balaban J connectivity index is 2.21. The van der Waals surface area contributed by atoms with Gasteiger partial charge in [0.15, 0.2) is 5.78 Å². The molecule has 1 aliphatic heterocycles. The van der Waals surface area contributed by atoms with Crippen LogP contribution in [0.4, 0.5) is 0 Å². The molecule has 3 N–H and O–H groups in total. The van der Waals surface area contributed by atoms with Crippen LogP contribution >= 0.6 is 0 Å². The molecule has 0 radical (unpaired) electrons. The molecule has 2 atom stereocenters. The molecule has 0 aromatic heterocycles. The average Bonchev–Trinajstić information content (AvgIpc) is 2.54. The van der Waals surface area contributed by atoms with Crippen LogP contribution in [0, 0.1) is 0 Å². The molecule has 5 nitrogen and oxygen atoms in total. The van der Waals surface area contributed by atoms with E-state index < -0.39 is 6.10 Å². The van der Waals surface area contributed by atoms with E-state index in [-0.39, 0.29) is 28.8 Å². The van der Waals surface area contributed by atoms with E-state index >= 15 is 0 Å².